The molecule has 0 saturated heterocycles. The predicted octanol–water partition coefficient (Wildman–Crippen LogP) is 1.43. The molecule has 0 aliphatic rings. The standard InChI is InChI=1S/C17H27NO7/c1-6-17(4,5)16(23)18-12(14(20)21)10-25-13(19)8-7-9-24-15(22)11(2)3/h12H,2,6-10H2,1,3-5H3,(H,18,23)(H,20,21). The number of carboxylic acid groups (broad SMARTS) is 1. The van der Waals surface area contributed by atoms with Gasteiger partial charge in [-0.2, -0.15) is 0 Å². The van der Waals surface area contributed by atoms with Gasteiger partial charge in [-0.25, -0.2) is 9.59 Å². The first kappa shape index (κ1) is 22.6. The monoisotopic (exact) mass is 357 g/mol. The van der Waals surface area contributed by atoms with Crippen molar-refractivity contribution in [3.05, 3.63) is 12.2 Å². The first-order chi connectivity index (χ1) is 11.5. The molecule has 0 aliphatic heterocycles. The van der Waals surface area contributed by atoms with Crippen molar-refractivity contribution in [3.63, 3.8) is 0 Å². The molecule has 0 aromatic heterocycles. The summed E-state index contributed by atoms with van der Waals surface area (Å²) in [6.07, 6.45) is 0.739. The second kappa shape index (κ2) is 10.5. The van der Waals surface area contributed by atoms with Crippen LogP contribution in [0.1, 0.15) is 47.0 Å². The molecule has 1 amide bonds. The third kappa shape index (κ3) is 8.88. The third-order valence-electron chi connectivity index (χ3n) is 3.62. The second-order valence-electron chi connectivity index (χ2n) is 6.30. The fourth-order valence-corrected chi connectivity index (χ4v) is 1.44. The van der Waals surface area contributed by atoms with Crippen molar-refractivity contribution < 1.29 is 33.8 Å². The second-order valence-corrected chi connectivity index (χ2v) is 6.30. The maximum absolute atomic E-state index is 12.0. The molecule has 0 radical (unpaired) electrons. The molecule has 0 rings (SSSR count). The third-order valence-corrected chi connectivity index (χ3v) is 3.62. The Kier molecular flexibility index (Phi) is 9.48. The van der Waals surface area contributed by atoms with Crippen molar-refractivity contribution in [2.75, 3.05) is 13.2 Å². The Hall–Kier alpha value is -2.38. The van der Waals surface area contributed by atoms with Gasteiger partial charge in [0.15, 0.2) is 6.04 Å². The summed E-state index contributed by atoms with van der Waals surface area (Å²) < 4.78 is 9.70. The van der Waals surface area contributed by atoms with Crippen molar-refractivity contribution in [1.29, 1.82) is 0 Å². The van der Waals surface area contributed by atoms with Crippen LogP contribution < -0.4 is 5.32 Å². The van der Waals surface area contributed by atoms with E-state index in [1.54, 1.807) is 13.8 Å². The van der Waals surface area contributed by atoms with Crippen LogP contribution in [0.4, 0.5) is 0 Å². The van der Waals surface area contributed by atoms with Crippen LogP contribution in [0.2, 0.25) is 0 Å². The topological polar surface area (TPSA) is 119 Å². The van der Waals surface area contributed by atoms with E-state index in [4.69, 9.17) is 14.6 Å². The van der Waals surface area contributed by atoms with Crippen LogP contribution in [-0.2, 0) is 28.7 Å². The number of ether oxygens (including phenoxy) is 2. The van der Waals surface area contributed by atoms with E-state index in [-0.39, 0.29) is 25.0 Å². The van der Waals surface area contributed by atoms with Crippen LogP contribution in [0, 0.1) is 5.41 Å². The van der Waals surface area contributed by atoms with Crippen LogP contribution >= 0.6 is 0 Å². The number of hydrogen-bond donors (Lipinski definition) is 2. The van der Waals surface area contributed by atoms with Crippen LogP contribution in [0.3, 0.4) is 0 Å². The molecule has 0 aliphatic carbocycles. The Morgan fingerprint density at radius 3 is 2.28 bits per heavy atom. The highest BCUT2D eigenvalue weighted by molar-refractivity contribution is 5.87. The minimum Gasteiger partial charge on any atom is -0.480 e. The van der Waals surface area contributed by atoms with E-state index >= 15 is 0 Å². The van der Waals surface area contributed by atoms with Gasteiger partial charge in [0.2, 0.25) is 5.91 Å². The average molecular weight is 357 g/mol. The molecule has 0 spiro atoms. The van der Waals surface area contributed by atoms with Crippen molar-refractivity contribution in [1.82, 2.24) is 5.32 Å². The number of carbonyl (C=O) groups excluding carboxylic acids is 3. The van der Waals surface area contributed by atoms with Gasteiger partial charge in [0.25, 0.3) is 0 Å². The zero-order chi connectivity index (χ0) is 19.6. The minimum absolute atomic E-state index is 0.0323. The van der Waals surface area contributed by atoms with Crippen LogP contribution in [-0.4, -0.2) is 48.2 Å². The van der Waals surface area contributed by atoms with Crippen LogP contribution in [0.5, 0.6) is 0 Å². The lowest BCUT2D eigenvalue weighted by molar-refractivity contribution is -0.152. The minimum atomic E-state index is -1.32. The molecule has 0 aromatic carbocycles. The molecule has 0 heterocycles. The molecule has 0 aromatic rings. The maximum Gasteiger partial charge on any atom is 0.333 e. The molecule has 0 fully saturated rings. The lowest BCUT2D eigenvalue weighted by Crippen LogP contribution is -2.49. The summed E-state index contributed by atoms with van der Waals surface area (Å²) in [6.45, 7) is 9.70. The molecule has 8 heteroatoms. The molecule has 8 nitrogen and oxygen atoms in total. The van der Waals surface area contributed by atoms with Gasteiger partial charge >= 0.3 is 17.9 Å². The van der Waals surface area contributed by atoms with Crippen molar-refractivity contribution >= 4 is 23.8 Å². The molecule has 1 unspecified atom stereocenters. The van der Waals surface area contributed by atoms with Gasteiger partial charge in [0.05, 0.1) is 6.61 Å². The number of hydrogen-bond acceptors (Lipinski definition) is 6. The van der Waals surface area contributed by atoms with Crippen molar-refractivity contribution in [3.8, 4) is 0 Å². The summed E-state index contributed by atoms with van der Waals surface area (Å²) in [5, 5.41) is 11.5. The van der Waals surface area contributed by atoms with Gasteiger partial charge in [-0.1, -0.05) is 27.4 Å². The van der Waals surface area contributed by atoms with Crippen molar-refractivity contribution in [2.45, 2.75) is 53.0 Å². The Bertz CT molecular complexity index is 525. The summed E-state index contributed by atoms with van der Waals surface area (Å²) in [7, 11) is 0. The Morgan fingerprint density at radius 2 is 1.80 bits per heavy atom. The van der Waals surface area contributed by atoms with E-state index in [0.29, 0.717) is 6.42 Å². The number of carboxylic acids is 1. The number of amides is 1. The van der Waals surface area contributed by atoms with Crippen LogP contribution in [0.25, 0.3) is 0 Å². The first-order valence-corrected chi connectivity index (χ1v) is 8.03. The summed E-state index contributed by atoms with van der Waals surface area (Å²) >= 11 is 0. The zero-order valence-corrected chi connectivity index (χ0v) is 15.2. The SMILES string of the molecule is C=C(C)C(=O)OCCCC(=O)OCC(NC(=O)C(C)(C)CC)C(=O)O. The summed E-state index contributed by atoms with van der Waals surface area (Å²) in [5.41, 5.74) is -0.456. The predicted molar refractivity (Wildman–Crippen MR) is 89.6 cm³/mol. The van der Waals surface area contributed by atoms with Gasteiger partial charge < -0.3 is 19.9 Å². The normalized spacial score (nSPS) is 12.0. The summed E-state index contributed by atoms with van der Waals surface area (Å²) in [6, 6.07) is -1.32. The Morgan fingerprint density at radius 1 is 1.20 bits per heavy atom. The number of rotatable bonds is 11. The van der Waals surface area contributed by atoms with Gasteiger partial charge in [0.1, 0.15) is 6.61 Å². The lowest BCUT2D eigenvalue weighted by atomic mass is 9.89. The van der Waals surface area contributed by atoms with Gasteiger partial charge in [-0.3, -0.25) is 9.59 Å². The molecule has 0 bridgehead atoms. The van der Waals surface area contributed by atoms with Gasteiger partial charge in [0, 0.05) is 17.4 Å². The smallest absolute Gasteiger partial charge is 0.333 e. The van der Waals surface area contributed by atoms with Crippen molar-refractivity contribution in [2.24, 2.45) is 5.41 Å². The molecule has 142 valence electrons. The lowest BCUT2D eigenvalue weighted by Gasteiger charge is -2.24. The fraction of sp³-hybridized carbons (Fsp3) is 0.647. The molecule has 0 saturated carbocycles. The van der Waals surface area contributed by atoms with Gasteiger partial charge in [-0.05, 0) is 19.8 Å². The zero-order valence-electron chi connectivity index (χ0n) is 15.2. The first-order valence-electron chi connectivity index (χ1n) is 8.03. The highest BCUT2D eigenvalue weighted by atomic mass is 16.5. The molecular formula is C17H27NO7. The highest BCUT2D eigenvalue weighted by Crippen LogP contribution is 2.19. The quantitative estimate of drug-likeness (QED) is 0.326. The highest BCUT2D eigenvalue weighted by Gasteiger charge is 2.30. The fourth-order valence-electron chi connectivity index (χ4n) is 1.44. The van der Waals surface area contributed by atoms with E-state index in [1.807, 2.05) is 6.92 Å². The summed E-state index contributed by atoms with van der Waals surface area (Å²) in [5.74, 6) is -2.89. The summed E-state index contributed by atoms with van der Waals surface area (Å²) in [4.78, 5) is 45.9. The van der Waals surface area contributed by atoms with E-state index in [1.165, 1.54) is 6.92 Å². The molecule has 25 heavy (non-hydrogen) atoms. The van der Waals surface area contributed by atoms with E-state index in [2.05, 4.69) is 11.9 Å². The number of esters is 2. The molecule has 2 N–H and O–H groups in total. The Balaban J connectivity index is 4.28. The molecular weight excluding hydrogens is 330 g/mol. The maximum atomic E-state index is 12.0. The Labute approximate surface area is 147 Å². The number of aliphatic carboxylic acids is 1. The average Bonchev–Trinajstić information content (AvgIpc) is 2.54. The van der Waals surface area contributed by atoms with E-state index in [0.717, 1.165) is 0 Å². The van der Waals surface area contributed by atoms with E-state index in [9.17, 15) is 19.2 Å². The molecule has 1 atom stereocenters. The van der Waals surface area contributed by atoms with E-state index < -0.39 is 41.9 Å². The largest absolute Gasteiger partial charge is 0.480 e. The van der Waals surface area contributed by atoms with Crippen LogP contribution in [0.15, 0.2) is 12.2 Å². The van der Waals surface area contributed by atoms with Gasteiger partial charge in [-0.15, -0.1) is 0 Å². The number of nitrogens with one attached hydrogen (secondary N) is 1. The number of carbonyl (C=O) groups is 4.